The van der Waals surface area contributed by atoms with E-state index in [1.54, 1.807) is 18.4 Å². The zero-order valence-electron chi connectivity index (χ0n) is 11.6. The molecule has 3 aromatic rings. The molecule has 0 aliphatic rings. The topological polar surface area (TPSA) is 47.2 Å². The molecule has 0 saturated heterocycles. The number of hydrogen-bond acceptors (Lipinski definition) is 4. The van der Waals surface area contributed by atoms with E-state index in [0.717, 1.165) is 11.1 Å². The van der Waals surface area contributed by atoms with Crippen LogP contribution < -0.4 is 11.1 Å². The van der Waals surface area contributed by atoms with Crippen LogP contribution >= 0.6 is 11.3 Å². The average Bonchev–Trinajstić information content (AvgIpc) is 2.96. The molecule has 0 saturated carbocycles. The summed E-state index contributed by atoms with van der Waals surface area (Å²) in [7, 11) is 3.65. The maximum absolute atomic E-state index is 11.5. The molecule has 0 fully saturated rings. The third-order valence-electron chi connectivity index (χ3n) is 3.48. The van der Waals surface area contributed by atoms with Gasteiger partial charge in [0.25, 0.3) is 0 Å². The van der Waals surface area contributed by atoms with E-state index in [-0.39, 0.29) is 11.8 Å². The van der Waals surface area contributed by atoms with Crippen molar-refractivity contribution >= 4 is 22.4 Å². The molecule has 2 heterocycles. The van der Waals surface area contributed by atoms with Gasteiger partial charge in [0.1, 0.15) is 0 Å². The minimum absolute atomic E-state index is 0.114. The van der Waals surface area contributed by atoms with Gasteiger partial charge in [-0.15, -0.1) is 11.3 Å². The van der Waals surface area contributed by atoms with E-state index < -0.39 is 0 Å². The van der Waals surface area contributed by atoms with Crippen molar-refractivity contribution in [2.75, 3.05) is 7.05 Å². The van der Waals surface area contributed by atoms with Crippen molar-refractivity contribution in [1.29, 1.82) is 0 Å². The van der Waals surface area contributed by atoms with Crippen molar-refractivity contribution in [3.8, 4) is 0 Å². The van der Waals surface area contributed by atoms with Gasteiger partial charge < -0.3 is 9.73 Å². The first-order valence-corrected chi connectivity index (χ1v) is 7.25. The van der Waals surface area contributed by atoms with Gasteiger partial charge in [-0.1, -0.05) is 6.07 Å². The largest absolute Gasteiger partial charge is 0.419 e. The number of fused-ring (bicyclic) bond motifs is 1. The highest BCUT2D eigenvalue weighted by Crippen LogP contribution is 2.29. The van der Waals surface area contributed by atoms with Crippen molar-refractivity contribution in [3.05, 3.63) is 56.2 Å². The molecule has 1 atom stereocenters. The monoisotopic (exact) mass is 288 g/mol. The van der Waals surface area contributed by atoms with Crippen LogP contribution in [0.3, 0.4) is 0 Å². The number of rotatable bonds is 3. The Kier molecular flexibility index (Phi) is 3.23. The molecule has 1 aromatic carbocycles. The smallest absolute Gasteiger partial charge is 0.408 e. The first kappa shape index (κ1) is 13.1. The lowest BCUT2D eigenvalue weighted by molar-refractivity contribution is 0.527. The summed E-state index contributed by atoms with van der Waals surface area (Å²) in [6.07, 6.45) is 0. The van der Waals surface area contributed by atoms with E-state index >= 15 is 0 Å². The van der Waals surface area contributed by atoms with Crippen molar-refractivity contribution in [2.45, 2.75) is 13.0 Å². The third kappa shape index (κ3) is 2.09. The number of nitrogens with zero attached hydrogens (tertiary/aromatic N) is 1. The SMILES string of the molecule is CNC(c1ccc2c(c1)oc(=O)n2C)c1ccc(C)s1. The lowest BCUT2D eigenvalue weighted by atomic mass is 10.1. The van der Waals surface area contributed by atoms with E-state index in [0.29, 0.717) is 5.58 Å². The van der Waals surface area contributed by atoms with Crippen LogP contribution in [0, 0.1) is 6.92 Å². The predicted octanol–water partition coefficient (Wildman–Crippen LogP) is 2.81. The number of thiophene rings is 1. The van der Waals surface area contributed by atoms with Gasteiger partial charge in [0.05, 0.1) is 11.6 Å². The van der Waals surface area contributed by atoms with Crippen LogP contribution in [0.5, 0.6) is 0 Å². The van der Waals surface area contributed by atoms with E-state index in [1.807, 2.05) is 25.2 Å². The summed E-state index contributed by atoms with van der Waals surface area (Å²) in [5, 5.41) is 3.32. The van der Waals surface area contributed by atoms with Gasteiger partial charge in [-0.25, -0.2) is 4.79 Å². The van der Waals surface area contributed by atoms with Crippen LogP contribution in [0.1, 0.15) is 21.4 Å². The normalized spacial score (nSPS) is 12.9. The Morgan fingerprint density at radius 1 is 1.30 bits per heavy atom. The van der Waals surface area contributed by atoms with Crippen molar-refractivity contribution < 1.29 is 4.42 Å². The summed E-state index contributed by atoms with van der Waals surface area (Å²) < 4.78 is 6.77. The lowest BCUT2D eigenvalue weighted by Gasteiger charge is -2.14. The second-order valence-electron chi connectivity index (χ2n) is 4.82. The highest BCUT2D eigenvalue weighted by molar-refractivity contribution is 7.12. The third-order valence-corrected chi connectivity index (χ3v) is 4.55. The van der Waals surface area contributed by atoms with E-state index in [2.05, 4.69) is 24.4 Å². The van der Waals surface area contributed by atoms with Crippen LogP contribution in [-0.4, -0.2) is 11.6 Å². The highest BCUT2D eigenvalue weighted by Gasteiger charge is 2.16. The first-order chi connectivity index (χ1) is 9.60. The van der Waals surface area contributed by atoms with Gasteiger partial charge in [0, 0.05) is 16.8 Å². The molecular formula is C15H16N2O2S. The standard InChI is InChI=1S/C15H16N2O2S/c1-9-4-7-13(20-9)14(16-2)10-5-6-11-12(8-10)19-15(18)17(11)3/h4-8,14,16H,1-3H3. The molecule has 0 aliphatic carbocycles. The predicted molar refractivity (Wildman–Crippen MR) is 81.4 cm³/mol. The Hall–Kier alpha value is -1.85. The van der Waals surface area contributed by atoms with Crippen LogP contribution in [0.2, 0.25) is 0 Å². The van der Waals surface area contributed by atoms with Crippen molar-refractivity contribution in [2.24, 2.45) is 7.05 Å². The Balaban J connectivity index is 2.10. The van der Waals surface area contributed by atoms with E-state index in [4.69, 9.17) is 4.42 Å². The highest BCUT2D eigenvalue weighted by atomic mass is 32.1. The quantitative estimate of drug-likeness (QED) is 0.806. The molecule has 0 bridgehead atoms. The van der Waals surface area contributed by atoms with Gasteiger partial charge in [-0.2, -0.15) is 0 Å². The number of benzene rings is 1. The lowest BCUT2D eigenvalue weighted by Crippen LogP contribution is -2.16. The minimum atomic E-state index is -0.329. The maximum Gasteiger partial charge on any atom is 0.419 e. The van der Waals surface area contributed by atoms with Gasteiger partial charge >= 0.3 is 5.76 Å². The summed E-state index contributed by atoms with van der Waals surface area (Å²) in [6.45, 7) is 2.10. The first-order valence-electron chi connectivity index (χ1n) is 6.43. The molecule has 0 amide bonds. The van der Waals surface area contributed by atoms with Crippen LogP contribution in [-0.2, 0) is 7.05 Å². The molecule has 0 aliphatic heterocycles. The average molecular weight is 288 g/mol. The Labute approximate surface area is 120 Å². The fourth-order valence-corrected chi connectivity index (χ4v) is 3.43. The molecular weight excluding hydrogens is 272 g/mol. The molecule has 1 N–H and O–H groups in total. The minimum Gasteiger partial charge on any atom is -0.408 e. The Morgan fingerprint density at radius 2 is 2.10 bits per heavy atom. The molecule has 0 spiro atoms. The number of hydrogen-bond donors (Lipinski definition) is 1. The molecule has 20 heavy (non-hydrogen) atoms. The van der Waals surface area contributed by atoms with Gasteiger partial charge in [0.15, 0.2) is 5.58 Å². The van der Waals surface area contributed by atoms with Gasteiger partial charge in [-0.3, -0.25) is 4.57 Å². The number of nitrogens with one attached hydrogen (secondary N) is 1. The molecule has 104 valence electrons. The molecule has 4 nitrogen and oxygen atoms in total. The molecule has 2 aromatic heterocycles. The summed E-state index contributed by atoms with van der Waals surface area (Å²) >= 11 is 1.77. The second kappa shape index (κ2) is 4.92. The number of oxazole rings is 1. The zero-order valence-corrected chi connectivity index (χ0v) is 12.5. The van der Waals surface area contributed by atoms with E-state index in [9.17, 15) is 4.79 Å². The van der Waals surface area contributed by atoms with Crippen LogP contribution in [0.15, 0.2) is 39.5 Å². The fraction of sp³-hybridized carbons (Fsp3) is 0.267. The zero-order chi connectivity index (χ0) is 14.3. The molecule has 1 unspecified atom stereocenters. The summed E-state index contributed by atoms with van der Waals surface area (Å²) in [5.74, 6) is -0.329. The van der Waals surface area contributed by atoms with Gasteiger partial charge in [0.2, 0.25) is 0 Å². The van der Waals surface area contributed by atoms with Gasteiger partial charge in [-0.05, 0) is 43.8 Å². The Morgan fingerprint density at radius 3 is 2.75 bits per heavy atom. The molecule has 3 rings (SSSR count). The molecule has 0 radical (unpaired) electrons. The summed E-state index contributed by atoms with van der Waals surface area (Å²) in [6, 6.07) is 10.3. The van der Waals surface area contributed by atoms with Crippen LogP contribution in [0.4, 0.5) is 0 Å². The van der Waals surface area contributed by atoms with Crippen molar-refractivity contribution in [1.82, 2.24) is 9.88 Å². The summed E-state index contributed by atoms with van der Waals surface area (Å²) in [4.78, 5) is 14.1. The second-order valence-corrected chi connectivity index (χ2v) is 6.14. The number of aromatic nitrogens is 1. The fourth-order valence-electron chi connectivity index (χ4n) is 2.41. The maximum atomic E-state index is 11.5. The van der Waals surface area contributed by atoms with Crippen molar-refractivity contribution in [3.63, 3.8) is 0 Å². The summed E-state index contributed by atoms with van der Waals surface area (Å²) in [5.41, 5.74) is 2.54. The number of aryl methyl sites for hydroxylation is 2. The van der Waals surface area contributed by atoms with E-state index in [1.165, 1.54) is 14.3 Å². The Bertz CT molecular complexity index is 813. The molecule has 5 heteroatoms. The van der Waals surface area contributed by atoms with Crippen LogP contribution in [0.25, 0.3) is 11.1 Å².